The van der Waals surface area contributed by atoms with E-state index >= 15 is 0 Å². The highest BCUT2D eigenvalue weighted by Crippen LogP contribution is 1.99. The Kier molecular flexibility index (Phi) is 4.24. The predicted octanol–water partition coefficient (Wildman–Crippen LogP) is 0.601. The quantitative estimate of drug-likeness (QED) is 0.759. The zero-order valence-corrected chi connectivity index (χ0v) is 9.16. The molecule has 15 heavy (non-hydrogen) atoms. The van der Waals surface area contributed by atoms with Crippen LogP contribution in [0.5, 0.6) is 0 Å². The first kappa shape index (κ1) is 11.7. The summed E-state index contributed by atoms with van der Waals surface area (Å²) in [5, 5.41) is 2.81. The fourth-order valence-corrected chi connectivity index (χ4v) is 1.07. The summed E-state index contributed by atoms with van der Waals surface area (Å²) in [7, 11) is 0. The zero-order valence-electron chi connectivity index (χ0n) is 9.16. The highest BCUT2D eigenvalue weighted by atomic mass is 16.1. The summed E-state index contributed by atoms with van der Waals surface area (Å²) in [5.41, 5.74) is 7.36. The standard InChI is InChI=1S/C11H17N3O/c1-8(5-12)11(15)14-7-10-4-3-9(2)13-6-10/h3-4,6,8H,5,7,12H2,1-2H3,(H,14,15). The van der Waals surface area contributed by atoms with Gasteiger partial charge < -0.3 is 11.1 Å². The SMILES string of the molecule is Cc1ccc(CNC(=O)C(C)CN)cn1. The number of carbonyl (C=O) groups excluding carboxylic acids is 1. The summed E-state index contributed by atoms with van der Waals surface area (Å²) >= 11 is 0. The minimum absolute atomic E-state index is 0.0157. The van der Waals surface area contributed by atoms with Gasteiger partial charge in [0.2, 0.25) is 5.91 Å². The molecule has 0 saturated heterocycles. The van der Waals surface area contributed by atoms with E-state index in [1.54, 1.807) is 6.20 Å². The lowest BCUT2D eigenvalue weighted by Crippen LogP contribution is -2.32. The largest absolute Gasteiger partial charge is 0.352 e. The van der Waals surface area contributed by atoms with Crippen molar-refractivity contribution in [2.24, 2.45) is 11.7 Å². The van der Waals surface area contributed by atoms with Gasteiger partial charge >= 0.3 is 0 Å². The van der Waals surface area contributed by atoms with Crippen molar-refractivity contribution in [2.75, 3.05) is 6.54 Å². The molecule has 0 bridgehead atoms. The Morgan fingerprint density at radius 2 is 2.33 bits per heavy atom. The molecule has 3 N–H and O–H groups in total. The maximum Gasteiger partial charge on any atom is 0.224 e. The number of amides is 1. The van der Waals surface area contributed by atoms with Gasteiger partial charge in [0.15, 0.2) is 0 Å². The number of hydrogen-bond acceptors (Lipinski definition) is 3. The van der Waals surface area contributed by atoms with Crippen LogP contribution in [0.25, 0.3) is 0 Å². The van der Waals surface area contributed by atoms with Gasteiger partial charge in [-0.05, 0) is 18.6 Å². The first-order valence-corrected chi connectivity index (χ1v) is 5.02. The summed E-state index contributed by atoms with van der Waals surface area (Å²) in [6.07, 6.45) is 1.77. The molecule has 0 aromatic carbocycles. The van der Waals surface area contributed by atoms with E-state index in [1.165, 1.54) is 0 Å². The number of nitrogens with two attached hydrogens (primary N) is 1. The Hall–Kier alpha value is -1.42. The molecular formula is C11H17N3O. The van der Waals surface area contributed by atoms with Crippen LogP contribution in [0.4, 0.5) is 0 Å². The second-order valence-corrected chi connectivity index (χ2v) is 3.66. The molecule has 0 aliphatic carbocycles. The van der Waals surface area contributed by atoms with E-state index in [1.807, 2.05) is 26.0 Å². The molecule has 1 aromatic rings. The number of nitrogens with zero attached hydrogens (tertiary/aromatic N) is 1. The molecule has 1 rings (SSSR count). The third-order valence-corrected chi connectivity index (χ3v) is 2.24. The molecule has 0 fully saturated rings. The van der Waals surface area contributed by atoms with E-state index in [2.05, 4.69) is 10.3 Å². The lowest BCUT2D eigenvalue weighted by molar-refractivity contribution is -0.124. The van der Waals surface area contributed by atoms with Gasteiger partial charge in [-0.3, -0.25) is 9.78 Å². The van der Waals surface area contributed by atoms with Gasteiger partial charge in [0.05, 0.1) is 0 Å². The molecule has 1 atom stereocenters. The highest BCUT2D eigenvalue weighted by molar-refractivity contribution is 5.78. The fraction of sp³-hybridized carbons (Fsp3) is 0.455. The van der Waals surface area contributed by atoms with Crippen LogP contribution in [0.2, 0.25) is 0 Å². The average Bonchev–Trinajstić information content (AvgIpc) is 2.26. The van der Waals surface area contributed by atoms with E-state index in [4.69, 9.17) is 5.73 Å². The first-order chi connectivity index (χ1) is 7.13. The number of rotatable bonds is 4. The second-order valence-electron chi connectivity index (χ2n) is 3.66. The Balaban J connectivity index is 2.43. The van der Waals surface area contributed by atoms with Crippen molar-refractivity contribution >= 4 is 5.91 Å². The van der Waals surface area contributed by atoms with Crippen LogP contribution in [-0.4, -0.2) is 17.4 Å². The van der Waals surface area contributed by atoms with Gasteiger partial charge in [-0.1, -0.05) is 13.0 Å². The third kappa shape index (κ3) is 3.67. The average molecular weight is 207 g/mol. The molecule has 1 heterocycles. The van der Waals surface area contributed by atoms with Crippen molar-refractivity contribution in [3.8, 4) is 0 Å². The summed E-state index contributed by atoms with van der Waals surface area (Å²) in [5.74, 6) is -0.151. The van der Waals surface area contributed by atoms with Gasteiger partial charge in [-0.2, -0.15) is 0 Å². The molecule has 0 saturated carbocycles. The molecule has 0 radical (unpaired) electrons. The number of pyridine rings is 1. The van der Waals surface area contributed by atoms with E-state index in [0.29, 0.717) is 13.1 Å². The van der Waals surface area contributed by atoms with Crippen LogP contribution in [0.3, 0.4) is 0 Å². The Labute approximate surface area is 89.9 Å². The lowest BCUT2D eigenvalue weighted by Gasteiger charge is -2.09. The van der Waals surface area contributed by atoms with Crippen molar-refractivity contribution < 1.29 is 4.79 Å². The van der Waals surface area contributed by atoms with Crippen molar-refractivity contribution in [1.82, 2.24) is 10.3 Å². The van der Waals surface area contributed by atoms with Gasteiger partial charge in [-0.25, -0.2) is 0 Å². The zero-order chi connectivity index (χ0) is 11.3. The summed E-state index contributed by atoms with van der Waals surface area (Å²) in [4.78, 5) is 15.5. The van der Waals surface area contributed by atoms with Gasteiger partial charge in [0.25, 0.3) is 0 Å². The van der Waals surface area contributed by atoms with Gasteiger partial charge in [0, 0.05) is 30.9 Å². The smallest absolute Gasteiger partial charge is 0.224 e. The van der Waals surface area contributed by atoms with Crippen molar-refractivity contribution in [2.45, 2.75) is 20.4 Å². The van der Waals surface area contributed by atoms with Crippen molar-refractivity contribution in [3.05, 3.63) is 29.6 Å². The van der Waals surface area contributed by atoms with Gasteiger partial charge in [0.1, 0.15) is 0 Å². The van der Waals surface area contributed by atoms with Crippen LogP contribution in [0.15, 0.2) is 18.3 Å². The minimum Gasteiger partial charge on any atom is -0.352 e. The van der Waals surface area contributed by atoms with Crippen LogP contribution in [0, 0.1) is 12.8 Å². The number of nitrogens with one attached hydrogen (secondary N) is 1. The molecule has 0 spiro atoms. The second kappa shape index (κ2) is 5.46. The topological polar surface area (TPSA) is 68.0 Å². The van der Waals surface area contributed by atoms with Gasteiger partial charge in [-0.15, -0.1) is 0 Å². The summed E-state index contributed by atoms with van der Waals surface area (Å²) in [6, 6.07) is 3.88. The maximum absolute atomic E-state index is 11.4. The van der Waals surface area contributed by atoms with Crippen molar-refractivity contribution in [1.29, 1.82) is 0 Å². The molecule has 4 heteroatoms. The predicted molar refractivity (Wildman–Crippen MR) is 59.0 cm³/mol. The normalized spacial score (nSPS) is 12.2. The molecular weight excluding hydrogens is 190 g/mol. The Bertz CT molecular complexity index is 321. The van der Waals surface area contributed by atoms with Crippen LogP contribution >= 0.6 is 0 Å². The molecule has 0 aliphatic rings. The molecule has 0 aliphatic heterocycles. The molecule has 82 valence electrons. The van der Waals surface area contributed by atoms with E-state index in [9.17, 15) is 4.79 Å². The van der Waals surface area contributed by atoms with Crippen LogP contribution < -0.4 is 11.1 Å². The fourth-order valence-electron chi connectivity index (χ4n) is 1.07. The third-order valence-electron chi connectivity index (χ3n) is 2.24. The first-order valence-electron chi connectivity index (χ1n) is 5.02. The molecule has 1 aromatic heterocycles. The summed E-state index contributed by atoms with van der Waals surface area (Å²) in [6.45, 7) is 4.62. The summed E-state index contributed by atoms with van der Waals surface area (Å²) < 4.78 is 0. The van der Waals surface area contributed by atoms with Crippen LogP contribution in [-0.2, 0) is 11.3 Å². The minimum atomic E-state index is -0.136. The number of hydrogen-bond donors (Lipinski definition) is 2. The molecule has 4 nitrogen and oxygen atoms in total. The molecule has 1 unspecified atom stereocenters. The number of carbonyl (C=O) groups is 1. The monoisotopic (exact) mass is 207 g/mol. The van der Waals surface area contributed by atoms with Crippen LogP contribution in [0.1, 0.15) is 18.2 Å². The number of aryl methyl sites for hydroxylation is 1. The van der Waals surface area contributed by atoms with E-state index in [0.717, 1.165) is 11.3 Å². The van der Waals surface area contributed by atoms with Crippen molar-refractivity contribution in [3.63, 3.8) is 0 Å². The Morgan fingerprint density at radius 3 is 2.87 bits per heavy atom. The number of aromatic nitrogens is 1. The maximum atomic E-state index is 11.4. The highest BCUT2D eigenvalue weighted by Gasteiger charge is 2.09. The van der Waals surface area contributed by atoms with E-state index < -0.39 is 0 Å². The Morgan fingerprint density at radius 1 is 1.60 bits per heavy atom. The molecule has 1 amide bonds. The lowest BCUT2D eigenvalue weighted by atomic mass is 10.1. The van der Waals surface area contributed by atoms with E-state index in [-0.39, 0.29) is 11.8 Å².